The highest BCUT2D eigenvalue weighted by molar-refractivity contribution is 6.14. The van der Waals surface area contributed by atoms with Crippen molar-refractivity contribution < 1.29 is 4.39 Å². The Kier molecular flexibility index (Phi) is 5.87. The van der Waals surface area contributed by atoms with Gasteiger partial charge in [0.15, 0.2) is 5.82 Å². The quantitative estimate of drug-likeness (QED) is 0.298. The molecule has 0 fully saturated rings. The minimum Gasteiger partial charge on any atom is -0.337 e. The first-order valence-electron chi connectivity index (χ1n) is 11.2. The predicted molar refractivity (Wildman–Crippen MR) is 136 cm³/mol. The van der Waals surface area contributed by atoms with Gasteiger partial charge in [0.05, 0.1) is 23.2 Å². The highest BCUT2D eigenvalue weighted by Crippen LogP contribution is 2.30. The minimum absolute atomic E-state index is 0.314. The number of rotatable bonds is 6. The number of anilines is 2. The third-order valence-electron chi connectivity index (χ3n) is 5.74. The predicted octanol–water partition coefficient (Wildman–Crippen LogP) is 6.58. The summed E-state index contributed by atoms with van der Waals surface area (Å²) in [5, 5.41) is 3.20. The number of aliphatic imine (C=N–C) groups is 1. The minimum atomic E-state index is -0.314. The van der Waals surface area contributed by atoms with E-state index >= 15 is 0 Å². The van der Waals surface area contributed by atoms with Crippen LogP contribution >= 0.6 is 0 Å². The van der Waals surface area contributed by atoms with Gasteiger partial charge in [-0.25, -0.2) is 19.4 Å². The largest absolute Gasteiger partial charge is 0.337 e. The van der Waals surface area contributed by atoms with Crippen molar-refractivity contribution in [2.75, 3.05) is 5.32 Å². The molecule has 0 aliphatic carbocycles. The Bertz CT molecular complexity index is 1430. The molecule has 0 saturated carbocycles. The summed E-state index contributed by atoms with van der Waals surface area (Å²) in [7, 11) is 1.92. The maximum absolute atomic E-state index is 14.7. The van der Waals surface area contributed by atoms with Gasteiger partial charge in [-0.1, -0.05) is 79.7 Å². The zero-order valence-corrected chi connectivity index (χ0v) is 19.0. The normalized spacial score (nSPS) is 10.9. The third kappa shape index (κ3) is 4.18. The number of aryl methyl sites for hydroxylation is 2. The van der Waals surface area contributed by atoms with Gasteiger partial charge in [0.2, 0.25) is 0 Å². The van der Waals surface area contributed by atoms with E-state index in [1.165, 1.54) is 6.07 Å². The van der Waals surface area contributed by atoms with Crippen molar-refractivity contribution in [3.05, 3.63) is 114 Å². The molecule has 0 bridgehead atoms. The summed E-state index contributed by atoms with van der Waals surface area (Å²) in [6.07, 6.45) is 2.44. The topological polar surface area (TPSA) is 55.1 Å². The first-order valence-corrected chi connectivity index (χ1v) is 11.2. The van der Waals surface area contributed by atoms with Crippen molar-refractivity contribution in [3.8, 4) is 0 Å². The Morgan fingerprint density at radius 1 is 0.941 bits per heavy atom. The van der Waals surface area contributed by atoms with Crippen LogP contribution in [-0.4, -0.2) is 20.2 Å². The fourth-order valence-electron chi connectivity index (χ4n) is 3.98. The number of imidazole rings is 1. The summed E-state index contributed by atoms with van der Waals surface area (Å²) in [6, 6.07) is 27.0. The van der Waals surface area contributed by atoms with Crippen molar-refractivity contribution in [1.29, 1.82) is 0 Å². The molecule has 5 rings (SSSR count). The Hall–Kier alpha value is -4.32. The molecule has 0 aliphatic rings. The SMILES string of the molecule is CCc1cccc(F)c1Nc1cc2c(ncn2C)c(N=C(c2ccccc2)c2ccccc2)n1. The van der Waals surface area contributed by atoms with E-state index in [0.717, 1.165) is 27.9 Å². The van der Waals surface area contributed by atoms with Crippen LogP contribution in [0.1, 0.15) is 23.6 Å². The Morgan fingerprint density at radius 3 is 2.26 bits per heavy atom. The van der Waals surface area contributed by atoms with Gasteiger partial charge in [0.1, 0.15) is 17.2 Å². The zero-order chi connectivity index (χ0) is 23.5. The Morgan fingerprint density at radius 2 is 1.62 bits per heavy atom. The number of nitrogens with one attached hydrogen (secondary N) is 1. The van der Waals surface area contributed by atoms with Crippen molar-refractivity contribution in [2.24, 2.45) is 12.0 Å². The molecule has 2 heterocycles. The highest BCUT2D eigenvalue weighted by Gasteiger charge is 2.15. The van der Waals surface area contributed by atoms with Gasteiger partial charge in [0, 0.05) is 24.2 Å². The van der Waals surface area contributed by atoms with Crippen LogP contribution in [0.2, 0.25) is 0 Å². The van der Waals surface area contributed by atoms with Crippen molar-refractivity contribution >= 4 is 34.1 Å². The number of halogens is 1. The molecule has 5 aromatic rings. The molecule has 168 valence electrons. The smallest absolute Gasteiger partial charge is 0.183 e. The zero-order valence-electron chi connectivity index (χ0n) is 19.0. The lowest BCUT2D eigenvalue weighted by molar-refractivity contribution is 0.630. The lowest BCUT2D eigenvalue weighted by Gasteiger charge is -2.13. The number of para-hydroxylation sites is 1. The summed E-state index contributed by atoms with van der Waals surface area (Å²) in [4.78, 5) is 14.3. The van der Waals surface area contributed by atoms with Gasteiger partial charge in [-0.05, 0) is 18.1 Å². The van der Waals surface area contributed by atoms with E-state index in [0.29, 0.717) is 29.3 Å². The highest BCUT2D eigenvalue weighted by atomic mass is 19.1. The first kappa shape index (κ1) is 21.5. The summed E-state index contributed by atoms with van der Waals surface area (Å²) in [5.74, 6) is 0.665. The van der Waals surface area contributed by atoms with Crippen molar-refractivity contribution in [3.63, 3.8) is 0 Å². The molecular formula is C28H24FN5. The molecule has 34 heavy (non-hydrogen) atoms. The molecule has 6 heteroatoms. The molecule has 2 aromatic heterocycles. The number of nitrogens with zero attached hydrogens (tertiary/aromatic N) is 4. The first-order chi connectivity index (χ1) is 16.6. The standard InChI is InChI=1S/C28H24FN5/c1-3-19-15-10-16-22(29)26(19)31-24-17-23-27(30-18-34(23)2)28(32-24)33-25(20-11-6-4-7-12-20)21-13-8-5-9-14-21/h4-18H,3H2,1-2H3,(H,31,32). The molecule has 0 saturated heterocycles. The monoisotopic (exact) mass is 449 g/mol. The van der Waals surface area contributed by atoms with Gasteiger partial charge in [-0.2, -0.15) is 0 Å². The summed E-state index contributed by atoms with van der Waals surface area (Å²) in [5.41, 5.74) is 5.58. The van der Waals surface area contributed by atoms with Crippen LogP contribution in [0.3, 0.4) is 0 Å². The van der Waals surface area contributed by atoms with Gasteiger partial charge >= 0.3 is 0 Å². The molecule has 0 spiro atoms. The van der Waals surface area contributed by atoms with Crippen LogP contribution in [0.25, 0.3) is 11.0 Å². The van der Waals surface area contributed by atoms with Gasteiger partial charge in [0.25, 0.3) is 0 Å². The molecule has 3 aromatic carbocycles. The Balaban J connectivity index is 1.70. The summed E-state index contributed by atoms with van der Waals surface area (Å²) >= 11 is 0. The van der Waals surface area contributed by atoms with Crippen molar-refractivity contribution in [2.45, 2.75) is 13.3 Å². The maximum atomic E-state index is 14.7. The fraction of sp³-hybridized carbons (Fsp3) is 0.107. The number of pyridine rings is 1. The number of hydrogen-bond acceptors (Lipinski definition) is 4. The summed E-state index contributed by atoms with van der Waals surface area (Å²) in [6.45, 7) is 2.00. The van der Waals surface area contributed by atoms with Crippen LogP contribution < -0.4 is 5.32 Å². The fourth-order valence-corrected chi connectivity index (χ4v) is 3.98. The molecule has 0 radical (unpaired) electrons. The second-order valence-electron chi connectivity index (χ2n) is 8.00. The lowest BCUT2D eigenvalue weighted by Crippen LogP contribution is -2.04. The van der Waals surface area contributed by atoms with Crippen LogP contribution in [0.4, 0.5) is 21.7 Å². The molecule has 0 atom stereocenters. The average molecular weight is 450 g/mol. The second-order valence-corrected chi connectivity index (χ2v) is 8.00. The van der Waals surface area contributed by atoms with Gasteiger partial charge < -0.3 is 9.88 Å². The average Bonchev–Trinajstić information content (AvgIpc) is 3.25. The van der Waals surface area contributed by atoms with Gasteiger partial charge in [-0.15, -0.1) is 0 Å². The molecule has 0 aliphatic heterocycles. The number of aromatic nitrogens is 3. The van der Waals surface area contributed by atoms with Gasteiger partial charge in [-0.3, -0.25) is 0 Å². The second kappa shape index (κ2) is 9.27. The van der Waals surface area contributed by atoms with E-state index in [9.17, 15) is 4.39 Å². The van der Waals surface area contributed by atoms with Crippen LogP contribution in [0.5, 0.6) is 0 Å². The maximum Gasteiger partial charge on any atom is 0.183 e. The molecule has 0 amide bonds. The van der Waals surface area contributed by atoms with E-state index in [1.807, 2.05) is 91.3 Å². The number of fused-ring (bicyclic) bond motifs is 1. The molecule has 1 N–H and O–H groups in total. The number of benzene rings is 3. The Labute approximate surface area is 197 Å². The van der Waals surface area contributed by atoms with Crippen LogP contribution in [-0.2, 0) is 13.5 Å². The van der Waals surface area contributed by atoms with Crippen LogP contribution in [0, 0.1) is 5.82 Å². The third-order valence-corrected chi connectivity index (χ3v) is 5.74. The lowest BCUT2D eigenvalue weighted by atomic mass is 10.0. The number of hydrogen-bond donors (Lipinski definition) is 1. The van der Waals surface area contributed by atoms with Crippen molar-refractivity contribution in [1.82, 2.24) is 14.5 Å². The van der Waals surface area contributed by atoms with Crippen LogP contribution in [0.15, 0.2) is 96.2 Å². The molecule has 0 unspecified atom stereocenters. The summed E-state index contributed by atoms with van der Waals surface area (Å²) < 4.78 is 16.6. The van der Waals surface area contributed by atoms with E-state index < -0.39 is 0 Å². The van der Waals surface area contributed by atoms with E-state index in [-0.39, 0.29) is 5.82 Å². The van der Waals surface area contributed by atoms with E-state index in [4.69, 9.17) is 9.98 Å². The van der Waals surface area contributed by atoms with E-state index in [1.54, 1.807) is 12.4 Å². The van der Waals surface area contributed by atoms with E-state index in [2.05, 4.69) is 10.3 Å². The molecular weight excluding hydrogens is 425 g/mol. The molecule has 5 nitrogen and oxygen atoms in total.